The van der Waals surface area contributed by atoms with Gasteiger partial charge in [0.1, 0.15) is 6.04 Å². The molecular weight excluding hydrogens is 252 g/mol. The number of hydrogen-bond donors (Lipinski definition) is 1. The summed E-state index contributed by atoms with van der Waals surface area (Å²) in [4.78, 5) is 13.8. The fourth-order valence-electron chi connectivity index (χ4n) is 2.13. The number of ether oxygens (including phenoxy) is 1. The van der Waals surface area contributed by atoms with Gasteiger partial charge in [-0.1, -0.05) is 26.0 Å². The van der Waals surface area contributed by atoms with Crippen LogP contribution in [0.4, 0.5) is 5.69 Å². The molecule has 1 aromatic carbocycles. The maximum atomic E-state index is 11.6. The highest BCUT2D eigenvalue weighted by Gasteiger charge is 2.18. The summed E-state index contributed by atoms with van der Waals surface area (Å²) < 4.78 is 4.81. The second kappa shape index (κ2) is 8.59. The number of methoxy groups -OCH3 is 1. The third-order valence-electron chi connectivity index (χ3n) is 3.47. The Morgan fingerprint density at radius 2 is 1.95 bits per heavy atom. The second-order valence-electron chi connectivity index (χ2n) is 4.86. The minimum Gasteiger partial charge on any atom is -0.468 e. The standard InChI is InChI=1S/C16H26N2O2/c1-5-13-7-9-14(10-8-13)18(3)12-11-15(17-6-2)16(19)20-4/h7-10,15,17H,5-6,11-12H2,1-4H3. The second-order valence-corrected chi connectivity index (χ2v) is 4.86. The average molecular weight is 278 g/mol. The Bertz CT molecular complexity index is 403. The molecule has 0 aromatic heterocycles. The van der Waals surface area contributed by atoms with E-state index in [1.807, 2.05) is 14.0 Å². The first-order chi connectivity index (χ1) is 9.62. The molecule has 20 heavy (non-hydrogen) atoms. The lowest BCUT2D eigenvalue weighted by Crippen LogP contribution is -2.40. The molecule has 0 fully saturated rings. The van der Waals surface area contributed by atoms with Crippen LogP contribution in [0.1, 0.15) is 25.8 Å². The molecule has 0 radical (unpaired) electrons. The van der Waals surface area contributed by atoms with Crippen molar-refractivity contribution in [3.8, 4) is 0 Å². The molecule has 0 heterocycles. The maximum Gasteiger partial charge on any atom is 0.322 e. The number of anilines is 1. The van der Waals surface area contributed by atoms with Crippen LogP contribution in [-0.4, -0.2) is 39.3 Å². The van der Waals surface area contributed by atoms with E-state index >= 15 is 0 Å². The van der Waals surface area contributed by atoms with Gasteiger partial charge in [0.2, 0.25) is 0 Å². The first-order valence-corrected chi connectivity index (χ1v) is 7.23. The summed E-state index contributed by atoms with van der Waals surface area (Å²) in [6, 6.07) is 8.31. The Kier molecular flexibility index (Phi) is 7.09. The van der Waals surface area contributed by atoms with Crippen molar-refractivity contribution in [1.82, 2.24) is 5.32 Å². The van der Waals surface area contributed by atoms with Crippen LogP contribution in [0.15, 0.2) is 24.3 Å². The minimum atomic E-state index is -0.234. The normalized spacial score (nSPS) is 12.0. The van der Waals surface area contributed by atoms with E-state index in [-0.39, 0.29) is 12.0 Å². The van der Waals surface area contributed by atoms with Crippen molar-refractivity contribution < 1.29 is 9.53 Å². The molecular formula is C16H26N2O2. The van der Waals surface area contributed by atoms with E-state index in [1.54, 1.807) is 0 Å². The molecule has 0 saturated heterocycles. The number of aryl methyl sites for hydroxylation is 1. The van der Waals surface area contributed by atoms with E-state index < -0.39 is 0 Å². The van der Waals surface area contributed by atoms with E-state index in [4.69, 9.17) is 4.74 Å². The highest BCUT2D eigenvalue weighted by atomic mass is 16.5. The zero-order chi connectivity index (χ0) is 15.0. The van der Waals surface area contributed by atoms with Gasteiger partial charge in [0, 0.05) is 19.3 Å². The van der Waals surface area contributed by atoms with Crippen molar-refractivity contribution in [2.75, 3.05) is 32.1 Å². The first-order valence-electron chi connectivity index (χ1n) is 7.23. The Morgan fingerprint density at radius 3 is 2.45 bits per heavy atom. The Hall–Kier alpha value is -1.55. The van der Waals surface area contributed by atoms with Crippen molar-refractivity contribution in [3.63, 3.8) is 0 Å². The summed E-state index contributed by atoms with van der Waals surface area (Å²) >= 11 is 0. The smallest absolute Gasteiger partial charge is 0.322 e. The molecule has 0 bridgehead atoms. The fraction of sp³-hybridized carbons (Fsp3) is 0.562. The van der Waals surface area contributed by atoms with Crippen LogP contribution < -0.4 is 10.2 Å². The Morgan fingerprint density at radius 1 is 1.30 bits per heavy atom. The fourth-order valence-corrected chi connectivity index (χ4v) is 2.13. The zero-order valence-electron chi connectivity index (χ0n) is 13.0. The number of nitrogens with one attached hydrogen (secondary N) is 1. The molecule has 0 amide bonds. The number of carbonyl (C=O) groups excluding carboxylic acids is 1. The molecule has 0 aliphatic carbocycles. The molecule has 1 aromatic rings. The summed E-state index contributed by atoms with van der Waals surface area (Å²) in [5.74, 6) is -0.193. The van der Waals surface area contributed by atoms with Gasteiger partial charge in [0.05, 0.1) is 7.11 Å². The third kappa shape index (κ3) is 4.85. The van der Waals surface area contributed by atoms with Crippen LogP contribution in [0, 0.1) is 0 Å². The number of benzene rings is 1. The van der Waals surface area contributed by atoms with E-state index in [0.29, 0.717) is 0 Å². The monoisotopic (exact) mass is 278 g/mol. The van der Waals surface area contributed by atoms with Gasteiger partial charge < -0.3 is 15.0 Å². The number of likely N-dealkylation sites (N-methyl/N-ethyl adjacent to an activating group) is 1. The molecule has 0 aliphatic rings. The van der Waals surface area contributed by atoms with E-state index in [2.05, 4.69) is 41.4 Å². The van der Waals surface area contributed by atoms with Crippen LogP contribution >= 0.6 is 0 Å². The lowest BCUT2D eigenvalue weighted by Gasteiger charge is -2.22. The van der Waals surface area contributed by atoms with Crippen molar-refractivity contribution in [1.29, 1.82) is 0 Å². The van der Waals surface area contributed by atoms with Gasteiger partial charge in [0.25, 0.3) is 0 Å². The quantitative estimate of drug-likeness (QED) is 0.740. The van der Waals surface area contributed by atoms with Gasteiger partial charge in [-0.2, -0.15) is 0 Å². The SMILES string of the molecule is CCNC(CCN(C)c1ccc(CC)cc1)C(=O)OC. The average Bonchev–Trinajstić information content (AvgIpc) is 2.50. The molecule has 1 unspecified atom stereocenters. The Balaban J connectivity index is 2.55. The van der Waals surface area contributed by atoms with E-state index in [9.17, 15) is 4.79 Å². The van der Waals surface area contributed by atoms with Crippen LogP contribution in [0.3, 0.4) is 0 Å². The summed E-state index contributed by atoms with van der Waals surface area (Å²) in [5, 5.41) is 3.16. The highest BCUT2D eigenvalue weighted by molar-refractivity contribution is 5.75. The molecule has 1 N–H and O–H groups in total. The van der Waals surface area contributed by atoms with Gasteiger partial charge in [-0.05, 0) is 37.1 Å². The largest absolute Gasteiger partial charge is 0.468 e. The van der Waals surface area contributed by atoms with Gasteiger partial charge in [-0.3, -0.25) is 4.79 Å². The molecule has 4 nitrogen and oxygen atoms in total. The molecule has 1 atom stereocenters. The van der Waals surface area contributed by atoms with Crippen molar-refractivity contribution in [3.05, 3.63) is 29.8 Å². The van der Waals surface area contributed by atoms with E-state index in [0.717, 1.165) is 25.9 Å². The number of nitrogens with zero attached hydrogens (tertiary/aromatic N) is 1. The Labute approximate surface area is 122 Å². The van der Waals surface area contributed by atoms with Gasteiger partial charge >= 0.3 is 5.97 Å². The van der Waals surface area contributed by atoms with E-state index in [1.165, 1.54) is 18.4 Å². The lowest BCUT2D eigenvalue weighted by molar-refractivity contribution is -0.143. The summed E-state index contributed by atoms with van der Waals surface area (Å²) in [6.45, 7) is 5.70. The van der Waals surface area contributed by atoms with Crippen molar-refractivity contribution >= 4 is 11.7 Å². The summed E-state index contributed by atoms with van der Waals surface area (Å²) in [5.41, 5.74) is 2.50. The molecule has 112 valence electrons. The van der Waals surface area contributed by atoms with Gasteiger partial charge in [0.15, 0.2) is 0 Å². The van der Waals surface area contributed by atoms with Crippen LogP contribution in [0.5, 0.6) is 0 Å². The molecule has 1 rings (SSSR count). The maximum absolute atomic E-state index is 11.6. The first kappa shape index (κ1) is 16.5. The molecule has 0 spiro atoms. The minimum absolute atomic E-state index is 0.193. The number of rotatable bonds is 8. The van der Waals surface area contributed by atoms with Crippen LogP contribution in [-0.2, 0) is 16.0 Å². The third-order valence-corrected chi connectivity index (χ3v) is 3.47. The van der Waals surface area contributed by atoms with Gasteiger partial charge in [-0.25, -0.2) is 0 Å². The van der Waals surface area contributed by atoms with Crippen molar-refractivity contribution in [2.24, 2.45) is 0 Å². The molecule has 0 saturated carbocycles. The van der Waals surface area contributed by atoms with Crippen LogP contribution in [0.25, 0.3) is 0 Å². The predicted molar refractivity (Wildman–Crippen MR) is 83.2 cm³/mol. The van der Waals surface area contributed by atoms with Gasteiger partial charge in [-0.15, -0.1) is 0 Å². The van der Waals surface area contributed by atoms with Crippen LogP contribution in [0.2, 0.25) is 0 Å². The highest BCUT2D eigenvalue weighted by Crippen LogP contribution is 2.14. The lowest BCUT2D eigenvalue weighted by atomic mass is 10.1. The summed E-state index contributed by atoms with van der Waals surface area (Å²) in [7, 11) is 3.47. The number of esters is 1. The van der Waals surface area contributed by atoms with Crippen molar-refractivity contribution in [2.45, 2.75) is 32.7 Å². The predicted octanol–water partition coefficient (Wildman–Crippen LogP) is 2.23. The number of hydrogen-bond acceptors (Lipinski definition) is 4. The molecule has 0 aliphatic heterocycles. The zero-order valence-corrected chi connectivity index (χ0v) is 13.0. The number of carbonyl (C=O) groups is 1. The summed E-state index contributed by atoms with van der Waals surface area (Å²) in [6.07, 6.45) is 1.78. The topological polar surface area (TPSA) is 41.6 Å². The molecule has 4 heteroatoms.